The first kappa shape index (κ1) is 23.8. The van der Waals surface area contributed by atoms with Gasteiger partial charge in [-0.2, -0.15) is 0 Å². The van der Waals surface area contributed by atoms with Crippen molar-refractivity contribution < 1.29 is 4.79 Å². The minimum absolute atomic E-state index is 0.0988. The maximum Gasteiger partial charge on any atom is 0.268 e. The van der Waals surface area contributed by atoms with Gasteiger partial charge in [0, 0.05) is 24.0 Å². The largest absolute Gasteiger partial charge is 0.342 e. The summed E-state index contributed by atoms with van der Waals surface area (Å²) in [4.78, 5) is 34.9. The standard InChI is InChI=1S/C28H29N3O2S2/c1-18-13-15-30(16-14-18)26(32)20(3)35-28-29-25-24(22(17-34-25)21-10-5-4-6-11-21)27(33)31(28)23-12-8-7-9-19(23)2/h4-12,17-18,20H,13-16H2,1-3H3/t20-/m1/s1. The van der Waals surface area contributed by atoms with Gasteiger partial charge in [-0.3, -0.25) is 14.2 Å². The summed E-state index contributed by atoms with van der Waals surface area (Å²) in [5, 5.41) is 2.85. The van der Waals surface area contributed by atoms with Crippen LogP contribution >= 0.6 is 23.1 Å². The fourth-order valence-corrected chi connectivity index (χ4v) is 6.60. The van der Waals surface area contributed by atoms with E-state index >= 15 is 0 Å². The van der Waals surface area contributed by atoms with Crippen molar-refractivity contribution in [2.24, 2.45) is 5.92 Å². The van der Waals surface area contributed by atoms with Gasteiger partial charge in [0.1, 0.15) is 4.83 Å². The second kappa shape index (κ2) is 9.99. The van der Waals surface area contributed by atoms with Crippen LogP contribution in [0.3, 0.4) is 0 Å². The zero-order valence-electron chi connectivity index (χ0n) is 20.2. The summed E-state index contributed by atoms with van der Waals surface area (Å²) in [7, 11) is 0. The SMILES string of the molecule is Cc1ccccc1-n1c(S[C@H](C)C(=O)N2CCC(C)CC2)nc2scc(-c3ccccc3)c2c1=O. The van der Waals surface area contributed by atoms with E-state index in [2.05, 4.69) is 6.92 Å². The van der Waals surface area contributed by atoms with Crippen molar-refractivity contribution >= 4 is 39.2 Å². The molecule has 7 heteroatoms. The van der Waals surface area contributed by atoms with E-state index in [0.29, 0.717) is 21.3 Å². The van der Waals surface area contributed by atoms with Gasteiger partial charge in [0.25, 0.3) is 5.56 Å². The minimum Gasteiger partial charge on any atom is -0.342 e. The lowest BCUT2D eigenvalue weighted by atomic mass is 9.99. The third kappa shape index (κ3) is 4.67. The molecule has 1 saturated heterocycles. The quantitative estimate of drug-likeness (QED) is 0.242. The molecular weight excluding hydrogens is 474 g/mol. The van der Waals surface area contributed by atoms with Crippen LogP contribution < -0.4 is 5.56 Å². The van der Waals surface area contributed by atoms with E-state index in [-0.39, 0.29) is 16.7 Å². The molecule has 0 unspecified atom stereocenters. The predicted molar refractivity (Wildman–Crippen MR) is 146 cm³/mol. The predicted octanol–water partition coefficient (Wildman–Crippen LogP) is 6.16. The fourth-order valence-electron chi connectivity index (χ4n) is 4.60. The fraction of sp³-hybridized carbons (Fsp3) is 0.321. The van der Waals surface area contributed by atoms with Crippen molar-refractivity contribution in [2.75, 3.05) is 13.1 Å². The Bertz CT molecular complexity index is 1420. The number of aryl methyl sites for hydroxylation is 1. The summed E-state index contributed by atoms with van der Waals surface area (Å²) in [6, 6.07) is 17.8. The average Bonchev–Trinajstić information content (AvgIpc) is 3.30. The monoisotopic (exact) mass is 503 g/mol. The third-order valence-corrected chi connectivity index (χ3v) is 8.66. The van der Waals surface area contributed by atoms with Crippen LogP contribution in [0.2, 0.25) is 0 Å². The number of benzene rings is 2. The molecule has 4 aromatic rings. The van der Waals surface area contributed by atoms with Crippen LogP contribution in [-0.2, 0) is 4.79 Å². The molecule has 1 fully saturated rings. The van der Waals surface area contributed by atoms with E-state index in [1.165, 1.54) is 23.1 Å². The summed E-state index contributed by atoms with van der Waals surface area (Å²) in [5.41, 5.74) is 3.58. The van der Waals surface area contributed by atoms with Gasteiger partial charge in [0.05, 0.1) is 16.3 Å². The van der Waals surface area contributed by atoms with Crippen LogP contribution in [0.5, 0.6) is 0 Å². The molecule has 0 saturated carbocycles. The lowest BCUT2D eigenvalue weighted by Gasteiger charge is -2.32. The summed E-state index contributed by atoms with van der Waals surface area (Å²) in [6.45, 7) is 7.76. The first-order valence-corrected chi connectivity index (χ1v) is 13.8. The first-order valence-electron chi connectivity index (χ1n) is 12.0. The lowest BCUT2D eigenvalue weighted by molar-refractivity contribution is -0.131. The molecule has 1 aliphatic rings. The van der Waals surface area contributed by atoms with Crippen molar-refractivity contribution in [1.82, 2.24) is 14.5 Å². The second-order valence-corrected chi connectivity index (χ2v) is 11.5. The van der Waals surface area contributed by atoms with Crippen LogP contribution in [0.25, 0.3) is 27.0 Å². The summed E-state index contributed by atoms with van der Waals surface area (Å²) in [6.07, 6.45) is 2.08. The van der Waals surface area contributed by atoms with Crippen molar-refractivity contribution in [3.05, 3.63) is 75.9 Å². The number of aromatic nitrogens is 2. The Morgan fingerprint density at radius 1 is 1.09 bits per heavy atom. The molecule has 3 heterocycles. The number of rotatable bonds is 5. The molecule has 1 atom stereocenters. The normalized spacial score (nSPS) is 15.5. The van der Waals surface area contributed by atoms with E-state index < -0.39 is 0 Å². The molecule has 0 radical (unpaired) electrons. The first-order chi connectivity index (χ1) is 16.9. The number of amides is 1. The Labute approximate surface area is 213 Å². The highest BCUT2D eigenvalue weighted by Crippen LogP contribution is 2.34. The highest BCUT2D eigenvalue weighted by atomic mass is 32.2. The highest BCUT2D eigenvalue weighted by Gasteiger charge is 2.28. The number of fused-ring (bicyclic) bond motifs is 1. The highest BCUT2D eigenvalue weighted by molar-refractivity contribution is 8.00. The van der Waals surface area contributed by atoms with Crippen LogP contribution in [0.15, 0.2) is 69.9 Å². The molecule has 35 heavy (non-hydrogen) atoms. The lowest BCUT2D eigenvalue weighted by Crippen LogP contribution is -2.42. The number of para-hydroxylation sites is 1. The Hall–Kier alpha value is -2.90. The summed E-state index contributed by atoms with van der Waals surface area (Å²) in [5.74, 6) is 0.777. The maximum atomic E-state index is 14.1. The van der Waals surface area contributed by atoms with Crippen molar-refractivity contribution in [1.29, 1.82) is 0 Å². The van der Waals surface area contributed by atoms with Gasteiger partial charge in [-0.25, -0.2) is 4.98 Å². The van der Waals surface area contributed by atoms with E-state index in [1.54, 1.807) is 4.57 Å². The molecule has 5 rings (SSSR count). The van der Waals surface area contributed by atoms with Crippen LogP contribution in [-0.4, -0.2) is 38.7 Å². The summed E-state index contributed by atoms with van der Waals surface area (Å²) < 4.78 is 1.70. The van der Waals surface area contributed by atoms with Crippen LogP contribution in [0, 0.1) is 12.8 Å². The number of hydrogen-bond donors (Lipinski definition) is 0. The average molecular weight is 504 g/mol. The summed E-state index contributed by atoms with van der Waals surface area (Å²) >= 11 is 2.85. The molecule has 0 N–H and O–H groups in total. The number of nitrogens with zero attached hydrogens (tertiary/aromatic N) is 3. The van der Waals surface area contributed by atoms with Gasteiger partial charge >= 0.3 is 0 Å². The second-order valence-electron chi connectivity index (χ2n) is 9.28. The Kier molecular flexibility index (Phi) is 6.80. The van der Waals surface area contributed by atoms with Crippen LogP contribution in [0.4, 0.5) is 0 Å². The van der Waals surface area contributed by atoms with Gasteiger partial charge in [0.2, 0.25) is 5.91 Å². The number of thioether (sulfide) groups is 1. The van der Waals surface area contributed by atoms with Crippen molar-refractivity contribution in [2.45, 2.75) is 44.0 Å². The molecule has 0 bridgehead atoms. The molecule has 2 aromatic heterocycles. The molecule has 0 spiro atoms. The molecular formula is C28H29N3O2S2. The molecule has 0 aliphatic carbocycles. The zero-order chi connectivity index (χ0) is 24.5. The molecule has 2 aromatic carbocycles. The molecule has 1 aliphatic heterocycles. The van der Waals surface area contributed by atoms with E-state index in [0.717, 1.165) is 48.3 Å². The third-order valence-electron chi connectivity index (χ3n) is 6.74. The maximum absolute atomic E-state index is 14.1. The Balaban J connectivity index is 1.60. The molecule has 180 valence electrons. The number of hydrogen-bond acceptors (Lipinski definition) is 5. The Morgan fingerprint density at radius 2 is 1.77 bits per heavy atom. The van der Waals surface area contributed by atoms with Gasteiger partial charge in [-0.05, 0) is 49.8 Å². The van der Waals surface area contributed by atoms with Gasteiger partial charge in [-0.1, -0.05) is 67.2 Å². The molecule has 1 amide bonds. The van der Waals surface area contributed by atoms with E-state index in [9.17, 15) is 9.59 Å². The van der Waals surface area contributed by atoms with Crippen molar-refractivity contribution in [3.63, 3.8) is 0 Å². The minimum atomic E-state index is -0.336. The number of thiophene rings is 1. The van der Waals surface area contributed by atoms with Crippen molar-refractivity contribution in [3.8, 4) is 16.8 Å². The number of carbonyl (C=O) groups is 1. The van der Waals surface area contributed by atoms with Gasteiger partial charge < -0.3 is 4.90 Å². The zero-order valence-corrected chi connectivity index (χ0v) is 21.9. The van der Waals surface area contributed by atoms with Gasteiger partial charge in [0.15, 0.2) is 5.16 Å². The Morgan fingerprint density at radius 3 is 2.49 bits per heavy atom. The number of likely N-dealkylation sites (tertiary alicyclic amines) is 1. The number of carbonyl (C=O) groups excluding carboxylic acids is 1. The van der Waals surface area contributed by atoms with Crippen LogP contribution in [0.1, 0.15) is 32.3 Å². The van der Waals surface area contributed by atoms with E-state index in [4.69, 9.17) is 4.98 Å². The topological polar surface area (TPSA) is 55.2 Å². The smallest absolute Gasteiger partial charge is 0.268 e. The van der Waals surface area contributed by atoms with E-state index in [1.807, 2.05) is 78.7 Å². The molecule has 5 nitrogen and oxygen atoms in total. The number of piperidine rings is 1. The van der Waals surface area contributed by atoms with Gasteiger partial charge in [-0.15, -0.1) is 11.3 Å².